The van der Waals surface area contributed by atoms with Crippen LogP contribution in [0.25, 0.3) is 10.9 Å². The molecule has 0 bridgehead atoms. The van der Waals surface area contributed by atoms with Crippen molar-refractivity contribution in [2.45, 2.75) is 38.0 Å². The third kappa shape index (κ3) is 3.01. The molecule has 1 aliphatic heterocycles. The number of aromatic amines is 1. The Bertz CT molecular complexity index is 982. The minimum atomic E-state index is 0. The molecule has 2 atom stereocenters. The van der Waals surface area contributed by atoms with E-state index < -0.39 is 0 Å². The maximum Gasteiger partial charge on any atom is 0.115 e. The highest BCUT2D eigenvalue weighted by Gasteiger charge is 2.47. The number of likely N-dealkylation sites (tertiary alicyclic amines) is 1. The highest BCUT2D eigenvalue weighted by atomic mass is 35.5. The van der Waals surface area contributed by atoms with Gasteiger partial charge in [0.05, 0.1) is 0 Å². The van der Waals surface area contributed by atoms with E-state index in [1.807, 2.05) is 12.1 Å². The summed E-state index contributed by atoms with van der Waals surface area (Å²) in [7, 11) is 0. The van der Waals surface area contributed by atoms with Crippen molar-refractivity contribution in [2.75, 3.05) is 19.6 Å². The van der Waals surface area contributed by atoms with Gasteiger partial charge in [-0.2, -0.15) is 0 Å². The van der Waals surface area contributed by atoms with Gasteiger partial charge in [0.25, 0.3) is 0 Å². The van der Waals surface area contributed by atoms with E-state index in [1.54, 1.807) is 6.07 Å². The molecule has 2 aliphatic rings. The van der Waals surface area contributed by atoms with Gasteiger partial charge >= 0.3 is 0 Å². The maximum absolute atomic E-state index is 10.2. The number of para-hydroxylation sites is 1. The number of phenolic OH excluding ortho intramolecular Hbond substituents is 1. The average Bonchev–Trinajstić information content (AvgIpc) is 3.03. The van der Waals surface area contributed by atoms with Gasteiger partial charge in [-0.1, -0.05) is 37.3 Å². The Morgan fingerprint density at radius 1 is 1.18 bits per heavy atom. The number of phenols is 1. The lowest BCUT2D eigenvalue weighted by atomic mass is 9.58. The summed E-state index contributed by atoms with van der Waals surface area (Å²) in [6.07, 6.45) is 4.54. The Morgan fingerprint density at radius 3 is 2.86 bits per heavy atom. The predicted octanol–water partition coefficient (Wildman–Crippen LogP) is 5.06. The second-order valence-corrected chi connectivity index (χ2v) is 8.46. The second-order valence-electron chi connectivity index (χ2n) is 8.46. The smallest absolute Gasteiger partial charge is 0.115 e. The molecule has 2 heterocycles. The number of hydrogen-bond donors (Lipinski definition) is 2. The minimum absolute atomic E-state index is 0. The molecule has 1 aromatic heterocycles. The number of rotatable bonds is 3. The summed E-state index contributed by atoms with van der Waals surface area (Å²) < 4.78 is 0. The van der Waals surface area contributed by atoms with Crippen LogP contribution in [0.1, 0.15) is 36.6 Å². The van der Waals surface area contributed by atoms with Crippen molar-refractivity contribution < 1.29 is 5.11 Å². The summed E-state index contributed by atoms with van der Waals surface area (Å²) in [5.74, 6) is 0.977. The molecule has 1 saturated heterocycles. The SMILES string of the molecule is CCCN1CCC2(c3cccc(O)c3)Cc3[nH]c4ccccc4c3CC2C1.Cl. The fraction of sp³-hybridized carbons (Fsp3) is 0.417. The molecule has 2 N–H and O–H groups in total. The Balaban J connectivity index is 0.00000192. The molecule has 1 aliphatic carbocycles. The van der Waals surface area contributed by atoms with E-state index in [1.165, 1.54) is 40.7 Å². The van der Waals surface area contributed by atoms with E-state index in [0.717, 1.165) is 32.4 Å². The van der Waals surface area contributed by atoms with Crippen molar-refractivity contribution in [1.29, 1.82) is 0 Å². The van der Waals surface area contributed by atoms with Gasteiger partial charge in [-0.05, 0) is 74.0 Å². The normalized spacial score (nSPS) is 24.4. The van der Waals surface area contributed by atoms with Crippen LogP contribution in [0.2, 0.25) is 0 Å². The standard InChI is InChI=1S/C24H28N2O.ClH/c1-2-11-26-12-10-24(17-6-5-7-19(27)13-17)15-23-21(14-18(24)16-26)20-8-3-4-9-22(20)25-23;/h3-9,13,18,25,27H,2,10-12,14-16H2,1H3;1H. The molecule has 148 valence electrons. The van der Waals surface area contributed by atoms with Gasteiger partial charge in [-0.3, -0.25) is 0 Å². The molecule has 3 nitrogen and oxygen atoms in total. The molecule has 28 heavy (non-hydrogen) atoms. The summed E-state index contributed by atoms with van der Waals surface area (Å²) >= 11 is 0. The number of aromatic nitrogens is 1. The first-order valence-corrected chi connectivity index (χ1v) is 10.3. The van der Waals surface area contributed by atoms with Crippen LogP contribution in [-0.2, 0) is 18.3 Å². The molecule has 0 amide bonds. The Labute approximate surface area is 173 Å². The highest BCUT2D eigenvalue weighted by Crippen LogP contribution is 2.49. The van der Waals surface area contributed by atoms with Crippen molar-refractivity contribution in [3.05, 3.63) is 65.4 Å². The Morgan fingerprint density at radius 2 is 2.04 bits per heavy atom. The molecular weight excluding hydrogens is 368 g/mol. The van der Waals surface area contributed by atoms with Crippen molar-refractivity contribution in [3.8, 4) is 5.75 Å². The van der Waals surface area contributed by atoms with Crippen molar-refractivity contribution in [3.63, 3.8) is 0 Å². The van der Waals surface area contributed by atoms with Crippen LogP contribution >= 0.6 is 12.4 Å². The first-order valence-electron chi connectivity index (χ1n) is 10.3. The van der Waals surface area contributed by atoms with Crippen LogP contribution in [0.15, 0.2) is 48.5 Å². The van der Waals surface area contributed by atoms with E-state index >= 15 is 0 Å². The summed E-state index contributed by atoms with van der Waals surface area (Å²) in [5, 5.41) is 11.6. The van der Waals surface area contributed by atoms with Crippen molar-refractivity contribution >= 4 is 23.3 Å². The topological polar surface area (TPSA) is 39.3 Å². The number of nitrogens with zero attached hydrogens (tertiary/aromatic N) is 1. The third-order valence-corrected chi connectivity index (χ3v) is 6.94. The number of H-pyrrole nitrogens is 1. The van der Waals surface area contributed by atoms with Gasteiger partial charge in [-0.25, -0.2) is 0 Å². The summed E-state index contributed by atoms with van der Waals surface area (Å²) in [6.45, 7) is 5.76. The number of aromatic hydroxyl groups is 1. The number of piperidine rings is 1. The van der Waals surface area contributed by atoms with Crippen molar-refractivity contribution in [2.24, 2.45) is 5.92 Å². The number of fused-ring (bicyclic) bond motifs is 4. The second kappa shape index (κ2) is 7.46. The molecule has 2 aromatic carbocycles. The zero-order chi connectivity index (χ0) is 18.4. The molecule has 0 saturated carbocycles. The number of halogens is 1. The molecule has 0 radical (unpaired) electrons. The lowest BCUT2D eigenvalue weighted by molar-refractivity contribution is 0.0815. The molecule has 5 rings (SSSR count). The molecular formula is C24H29ClN2O. The summed E-state index contributed by atoms with van der Waals surface area (Å²) in [5.41, 5.74) is 5.62. The van der Waals surface area contributed by atoms with Gasteiger partial charge in [0.2, 0.25) is 0 Å². The number of nitrogens with one attached hydrogen (secondary N) is 1. The lowest BCUT2D eigenvalue weighted by Gasteiger charge is -2.51. The molecule has 3 aromatic rings. The quantitative estimate of drug-likeness (QED) is 0.649. The zero-order valence-corrected chi connectivity index (χ0v) is 17.3. The van der Waals surface area contributed by atoms with Crippen LogP contribution in [0, 0.1) is 5.92 Å². The van der Waals surface area contributed by atoms with Gasteiger partial charge < -0.3 is 15.0 Å². The van der Waals surface area contributed by atoms with Gasteiger partial charge in [0.1, 0.15) is 5.75 Å². The van der Waals surface area contributed by atoms with Crippen LogP contribution in [0.4, 0.5) is 0 Å². The van der Waals surface area contributed by atoms with Crippen LogP contribution in [-0.4, -0.2) is 34.6 Å². The van der Waals surface area contributed by atoms with E-state index in [2.05, 4.69) is 47.1 Å². The highest BCUT2D eigenvalue weighted by molar-refractivity contribution is 5.85. The zero-order valence-electron chi connectivity index (χ0n) is 16.4. The van der Waals surface area contributed by atoms with Gasteiger partial charge in [-0.15, -0.1) is 12.4 Å². The first-order chi connectivity index (χ1) is 13.2. The minimum Gasteiger partial charge on any atom is -0.508 e. The fourth-order valence-corrected chi connectivity index (χ4v) is 5.65. The van der Waals surface area contributed by atoms with Crippen LogP contribution < -0.4 is 0 Å². The average molecular weight is 397 g/mol. The van der Waals surface area contributed by atoms with E-state index in [0.29, 0.717) is 11.7 Å². The number of hydrogen-bond acceptors (Lipinski definition) is 2. The van der Waals surface area contributed by atoms with Crippen molar-refractivity contribution in [1.82, 2.24) is 9.88 Å². The Hall–Kier alpha value is -1.97. The fourth-order valence-electron chi connectivity index (χ4n) is 5.65. The Kier molecular flexibility index (Phi) is 5.15. The molecule has 0 spiro atoms. The van der Waals surface area contributed by atoms with E-state index in [-0.39, 0.29) is 17.8 Å². The first kappa shape index (κ1) is 19.4. The summed E-state index contributed by atoms with van der Waals surface area (Å²) in [6, 6.07) is 16.8. The van der Waals surface area contributed by atoms with Crippen LogP contribution in [0.5, 0.6) is 5.75 Å². The number of benzene rings is 2. The lowest BCUT2D eigenvalue weighted by Crippen LogP contribution is -2.53. The molecule has 1 fully saturated rings. The van der Waals surface area contributed by atoms with Gasteiger partial charge in [0, 0.05) is 28.6 Å². The molecule has 2 unspecified atom stereocenters. The van der Waals surface area contributed by atoms with E-state index in [9.17, 15) is 5.11 Å². The summed E-state index contributed by atoms with van der Waals surface area (Å²) in [4.78, 5) is 6.36. The molecule has 4 heteroatoms. The maximum atomic E-state index is 10.2. The predicted molar refractivity (Wildman–Crippen MR) is 118 cm³/mol. The largest absolute Gasteiger partial charge is 0.508 e. The third-order valence-electron chi connectivity index (χ3n) is 6.94. The van der Waals surface area contributed by atoms with E-state index in [4.69, 9.17) is 0 Å². The van der Waals surface area contributed by atoms with Gasteiger partial charge in [0.15, 0.2) is 0 Å². The monoisotopic (exact) mass is 396 g/mol. The van der Waals surface area contributed by atoms with Crippen LogP contribution in [0.3, 0.4) is 0 Å².